The number of rotatable bonds is 4. The Bertz CT molecular complexity index is 544. The molecule has 0 fully saturated rings. The Morgan fingerprint density at radius 1 is 0.944 bits per heavy atom. The van der Waals surface area contributed by atoms with Crippen molar-refractivity contribution in [2.24, 2.45) is 0 Å². The van der Waals surface area contributed by atoms with Gasteiger partial charge >= 0.3 is 5.97 Å². The first-order valence-corrected chi connectivity index (χ1v) is 6.30. The molecule has 2 aromatic rings. The first kappa shape index (κ1) is 12.5. The van der Waals surface area contributed by atoms with Crippen molar-refractivity contribution in [1.82, 2.24) is 0 Å². The van der Waals surface area contributed by atoms with Crippen LogP contribution >= 0.6 is 11.8 Å². The quantitative estimate of drug-likeness (QED) is 0.842. The minimum Gasteiger partial charge on any atom is -0.478 e. The predicted molar refractivity (Wildman–Crippen MR) is 73.7 cm³/mol. The molecule has 0 saturated carbocycles. The van der Waals surface area contributed by atoms with Crippen LogP contribution in [0.5, 0.6) is 0 Å². The SMILES string of the molecule is O=C(O)/C=C/c1ccc(Sc2ccccc2)cc1. The van der Waals surface area contributed by atoms with Gasteiger partial charge in [-0.05, 0) is 35.9 Å². The summed E-state index contributed by atoms with van der Waals surface area (Å²) < 4.78 is 0. The highest BCUT2D eigenvalue weighted by molar-refractivity contribution is 7.99. The van der Waals surface area contributed by atoms with Crippen LogP contribution in [0.4, 0.5) is 0 Å². The van der Waals surface area contributed by atoms with Gasteiger partial charge in [0.1, 0.15) is 0 Å². The summed E-state index contributed by atoms with van der Waals surface area (Å²) in [6.45, 7) is 0. The summed E-state index contributed by atoms with van der Waals surface area (Å²) in [5.74, 6) is -0.933. The van der Waals surface area contributed by atoms with E-state index in [4.69, 9.17) is 5.11 Å². The molecule has 1 N–H and O–H groups in total. The number of aliphatic carboxylic acids is 1. The average Bonchev–Trinajstić information content (AvgIpc) is 2.39. The molecular formula is C15H12O2S. The third kappa shape index (κ3) is 3.79. The molecule has 0 aliphatic carbocycles. The molecule has 0 aliphatic rings. The standard InChI is InChI=1S/C15H12O2S/c16-15(17)11-8-12-6-9-14(10-7-12)18-13-4-2-1-3-5-13/h1-11H,(H,16,17)/b11-8+. The molecular weight excluding hydrogens is 244 g/mol. The number of benzene rings is 2. The van der Waals surface area contributed by atoms with E-state index < -0.39 is 5.97 Å². The van der Waals surface area contributed by atoms with Crippen LogP contribution in [0, 0.1) is 0 Å². The Hall–Kier alpha value is -2.00. The lowest BCUT2D eigenvalue weighted by atomic mass is 10.2. The molecule has 0 saturated heterocycles. The fourth-order valence-electron chi connectivity index (χ4n) is 1.44. The average molecular weight is 256 g/mol. The Morgan fingerprint density at radius 2 is 1.56 bits per heavy atom. The summed E-state index contributed by atoms with van der Waals surface area (Å²) in [7, 11) is 0. The van der Waals surface area contributed by atoms with Crippen molar-refractivity contribution in [3.63, 3.8) is 0 Å². The molecule has 18 heavy (non-hydrogen) atoms. The van der Waals surface area contributed by atoms with E-state index in [1.165, 1.54) is 4.90 Å². The van der Waals surface area contributed by atoms with Crippen molar-refractivity contribution in [2.45, 2.75) is 9.79 Å². The molecule has 0 unspecified atom stereocenters. The summed E-state index contributed by atoms with van der Waals surface area (Å²) in [5.41, 5.74) is 0.884. The maximum absolute atomic E-state index is 10.4. The van der Waals surface area contributed by atoms with E-state index in [0.29, 0.717) is 0 Å². The first-order valence-electron chi connectivity index (χ1n) is 5.48. The van der Waals surface area contributed by atoms with Crippen LogP contribution < -0.4 is 0 Å². The van der Waals surface area contributed by atoms with Gasteiger partial charge in [-0.2, -0.15) is 0 Å². The highest BCUT2D eigenvalue weighted by Gasteiger charge is 1.96. The highest BCUT2D eigenvalue weighted by atomic mass is 32.2. The molecule has 0 heterocycles. The van der Waals surface area contributed by atoms with E-state index in [-0.39, 0.29) is 0 Å². The van der Waals surface area contributed by atoms with Crippen molar-refractivity contribution in [2.75, 3.05) is 0 Å². The highest BCUT2D eigenvalue weighted by Crippen LogP contribution is 2.27. The number of carboxylic acid groups (broad SMARTS) is 1. The van der Waals surface area contributed by atoms with Crippen molar-refractivity contribution in [3.05, 3.63) is 66.2 Å². The van der Waals surface area contributed by atoms with Crippen molar-refractivity contribution >= 4 is 23.8 Å². The molecule has 0 amide bonds. The lowest BCUT2D eigenvalue weighted by Gasteiger charge is -2.01. The molecule has 2 rings (SSSR count). The van der Waals surface area contributed by atoms with E-state index in [2.05, 4.69) is 12.1 Å². The van der Waals surface area contributed by atoms with Crippen molar-refractivity contribution in [3.8, 4) is 0 Å². The zero-order valence-corrected chi connectivity index (χ0v) is 10.4. The minimum atomic E-state index is -0.933. The Labute approximate surface area is 110 Å². The van der Waals surface area contributed by atoms with E-state index in [0.717, 1.165) is 16.5 Å². The largest absolute Gasteiger partial charge is 0.478 e. The Balaban J connectivity index is 2.06. The van der Waals surface area contributed by atoms with Crippen molar-refractivity contribution in [1.29, 1.82) is 0 Å². The van der Waals surface area contributed by atoms with E-state index in [1.54, 1.807) is 17.8 Å². The maximum atomic E-state index is 10.4. The number of hydrogen-bond acceptors (Lipinski definition) is 2. The fourth-order valence-corrected chi connectivity index (χ4v) is 2.28. The van der Waals surface area contributed by atoms with Gasteiger partial charge in [-0.15, -0.1) is 0 Å². The second-order valence-corrected chi connectivity index (χ2v) is 4.80. The van der Waals surface area contributed by atoms with Crippen molar-refractivity contribution < 1.29 is 9.90 Å². The van der Waals surface area contributed by atoms with Gasteiger partial charge in [-0.3, -0.25) is 0 Å². The zero-order valence-electron chi connectivity index (χ0n) is 9.61. The van der Waals surface area contributed by atoms with Gasteiger partial charge in [0.2, 0.25) is 0 Å². The van der Waals surface area contributed by atoms with Crippen LogP contribution in [0.2, 0.25) is 0 Å². The Kier molecular flexibility index (Phi) is 4.20. The summed E-state index contributed by atoms with van der Waals surface area (Å²) in [5, 5.41) is 8.53. The first-order chi connectivity index (χ1) is 8.74. The lowest BCUT2D eigenvalue weighted by Crippen LogP contribution is -1.85. The number of carboxylic acids is 1. The van der Waals surface area contributed by atoms with E-state index in [1.807, 2.05) is 42.5 Å². The zero-order chi connectivity index (χ0) is 12.8. The van der Waals surface area contributed by atoms with Gasteiger partial charge in [0.25, 0.3) is 0 Å². The summed E-state index contributed by atoms with van der Waals surface area (Å²) in [6, 6.07) is 17.9. The second-order valence-electron chi connectivity index (χ2n) is 3.66. The van der Waals surface area contributed by atoms with Crippen LogP contribution in [0.25, 0.3) is 6.08 Å². The lowest BCUT2D eigenvalue weighted by molar-refractivity contribution is -0.131. The van der Waals surface area contributed by atoms with Crippen LogP contribution in [0.3, 0.4) is 0 Å². The predicted octanol–water partition coefficient (Wildman–Crippen LogP) is 3.94. The molecule has 0 aromatic heterocycles. The molecule has 0 aliphatic heterocycles. The molecule has 0 atom stereocenters. The van der Waals surface area contributed by atoms with Gasteiger partial charge in [0.05, 0.1) is 0 Å². The van der Waals surface area contributed by atoms with E-state index >= 15 is 0 Å². The molecule has 90 valence electrons. The van der Waals surface area contributed by atoms with E-state index in [9.17, 15) is 4.79 Å². The normalized spacial score (nSPS) is 10.7. The summed E-state index contributed by atoms with van der Waals surface area (Å²) >= 11 is 1.68. The molecule has 0 spiro atoms. The minimum absolute atomic E-state index is 0.884. The molecule has 2 aromatic carbocycles. The summed E-state index contributed by atoms with van der Waals surface area (Å²) in [4.78, 5) is 12.7. The second kappa shape index (κ2) is 6.07. The maximum Gasteiger partial charge on any atom is 0.328 e. The topological polar surface area (TPSA) is 37.3 Å². The van der Waals surface area contributed by atoms with Gasteiger partial charge in [0, 0.05) is 15.9 Å². The number of hydrogen-bond donors (Lipinski definition) is 1. The molecule has 0 bridgehead atoms. The smallest absolute Gasteiger partial charge is 0.328 e. The number of carbonyl (C=O) groups is 1. The summed E-state index contributed by atoms with van der Waals surface area (Å²) in [6.07, 6.45) is 2.72. The van der Waals surface area contributed by atoms with Gasteiger partial charge in [-0.1, -0.05) is 42.1 Å². The van der Waals surface area contributed by atoms with Crippen LogP contribution in [0.1, 0.15) is 5.56 Å². The third-order valence-electron chi connectivity index (χ3n) is 2.28. The van der Waals surface area contributed by atoms with Gasteiger partial charge in [-0.25, -0.2) is 4.79 Å². The molecule has 3 heteroatoms. The Morgan fingerprint density at radius 3 is 2.17 bits per heavy atom. The molecule has 2 nitrogen and oxygen atoms in total. The van der Waals surface area contributed by atoms with Crippen LogP contribution in [0.15, 0.2) is 70.5 Å². The fraction of sp³-hybridized carbons (Fsp3) is 0. The van der Waals surface area contributed by atoms with Gasteiger partial charge < -0.3 is 5.11 Å². The van der Waals surface area contributed by atoms with Crippen LogP contribution in [-0.2, 0) is 4.79 Å². The molecule has 0 radical (unpaired) electrons. The monoisotopic (exact) mass is 256 g/mol. The third-order valence-corrected chi connectivity index (χ3v) is 3.29. The van der Waals surface area contributed by atoms with Crippen LogP contribution in [-0.4, -0.2) is 11.1 Å². The van der Waals surface area contributed by atoms with Gasteiger partial charge in [0.15, 0.2) is 0 Å².